The highest BCUT2D eigenvalue weighted by atomic mass is 16.5. The van der Waals surface area contributed by atoms with Gasteiger partial charge < -0.3 is 13.8 Å². The molecule has 0 bridgehead atoms. The van der Waals surface area contributed by atoms with Gasteiger partial charge in [-0.15, -0.1) is 10.2 Å². The Kier molecular flexibility index (Phi) is 3.33. The maximum Gasteiger partial charge on any atom is 0.223 e. The summed E-state index contributed by atoms with van der Waals surface area (Å²) < 4.78 is 13.3. The van der Waals surface area contributed by atoms with Crippen molar-refractivity contribution in [2.24, 2.45) is 0 Å². The van der Waals surface area contributed by atoms with E-state index in [2.05, 4.69) is 24.9 Å². The Labute approximate surface area is 145 Å². The fourth-order valence-electron chi connectivity index (χ4n) is 3.08. The SMILES string of the molecule is Cc1nc(-c2cccc(OCc3nnc(C4CC4)n3C3CC3)c2)no1. The van der Waals surface area contributed by atoms with Gasteiger partial charge in [-0.05, 0) is 37.8 Å². The molecule has 25 heavy (non-hydrogen) atoms. The lowest BCUT2D eigenvalue weighted by Crippen LogP contribution is -2.08. The number of hydrogen-bond acceptors (Lipinski definition) is 6. The summed E-state index contributed by atoms with van der Waals surface area (Å²) in [5, 5.41) is 12.8. The maximum absolute atomic E-state index is 5.98. The lowest BCUT2D eigenvalue weighted by molar-refractivity contribution is 0.288. The van der Waals surface area contributed by atoms with E-state index < -0.39 is 0 Å². The van der Waals surface area contributed by atoms with Crippen LogP contribution in [0.2, 0.25) is 0 Å². The number of aromatic nitrogens is 5. The molecular weight excluding hydrogens is 318 g/mol. The van der Waals surface area contributed by atoms with Crippen molar-refractivity contribution < 1.29 is 9.26 Å². The quantitative estimate of drug-likeness (QED) is 0.686. The van der Waals surface area contributed by atoms with Crippen LogP contribution in [0.4, 0.5) is 0 Å². The van der Waals surface area contributed by atoms with Crippen molar-refractivity contribution in [1.29, 1.82) is 0 Å². The fraction of sp³-hybridized carbons (Fsp3) is 0.444. The summed E-state index contributed by atoms with van der Waals surface area (Å²) in [7, 11) is 0. The van der Waals surface area contributed by atoms with E-state index in [-0.39, 0.29) is 0 Å². The van der Waals surface area contributed by atoms with Crippen molar-refractivity contribution >= 4 is 0 Å². The third-order valence-electron chi connectivity index (χ3n) is 4.64. The zero-order chi connectivity index (χ0) is 16.8. The largest absolute Gasteiger partial charge is 0.486 e. The van der Waals surface area contributed by atoms with E-state index in [1.54, 1.807) is 6.92 Å². The molecule has 2 aliphatic rings. The van der Waals surface area contributed by atoms with Crippen molar-refractivity contribution in [1.82, 2.24) is 24.9 Å². The normalized spacial score (nSPS) is 17.0. The Morgan fingerprint density at radius 3 is 2.80 bits per heavy atom. The first kappa shape index (κ1) is 14.6. The summed E-state index contributed by atoms with van der Waals surface area (Å²) in [5.74, 6) is 4.55. The Morgan fingerprint density at radius 1 is 1.20 bits per heavy atom. The highest BCUT2D eigenvalue weighted by Crippen LogP contribution is 2.44. The van der Waals surface area contributed by atoms with Gasteiger partial charge in [-0.25, -0.2) is 0 Å². The Hall–Kier alpha value is -2.70. The first-order valence-electron chi connectivity index (χ1n) is 8.75. The molecule has 2 fully saturated rings. The molecule has 0 amide bonds. The van der Waals surface area contributed by atoms with Gasteiger partial charge in [-0.1, -0.05) is 17.3 Å². The molecule has 0 spiro atoms. The number of hydrogen-bond donors (Lipinski definition) is 0. The van der Waals surface area contributed by atoms with Gasteiger partial charge in [0, 0.05) is 24.4 Å². The molecule has 3 aromatic rings. The van der Waals surface area contributed by atoms with Crippen LogP contribution in [-0.4, -0.2) is 24.9 Å². The fourth-order valence-corrected chi connectivity index (χ4v) is 3.08. The van der Waals surface area contributed by atoms with Crippen LogP contribution in [0.1, 0.15) is 55.2 Å². The zero-order valence-electron chi connectivity index (χ0n) is 14.1. The second-order valence-electron chi connectivity index (χ2n) is 6.80. The molecule has 2 saturated carbocycles. The van der Waals surface area contributed by atoms with E-state index in [9.17, 15) is 0 Å². The molecule has 7 nitrogen and oxygen atoms in total. The second kappa shape index (κ2) is 5.68. The standard InChI is InChI=1S/C18H19N5O2/c1-11-19-17(22-25-11)13-3-2-4-15(9-13)24-10-16-20-21-18(12-5-6-12)23(16)14-7-8-14/h2-4,9,12,14H,5-8,10H2,1H3. The molecule has 0 aliphatic heterocycles. The minimum atomic E-state index is 0.422. The average molecular weight is 337 g/mol. The molecule has 0 unspecified atom stereocenters. The lowest BCUT2D eigenvalue weighted by atomic mass is 10.2. The van der Waals surface area contributed by atoms with Crippen molar-refractivity contribution in [3.63, 3.8) is 0 Å². The third-order valence-corrected chi connectivity index (χ3v) is 4.64. The van der Waals surface area contributed by atoms with Gasteiger partial charge in [0.15, 0.2) is 5.82 Å². The molecule has 0 radical (unpaired) electrons. The van der Waals surface area contributed by atoms with Crippen LogP contribution in [0.3, 0.4) is 0 Å². The monoisotopic (exact) mass is 337 g/mol. The van der Waals surface area contributed by atoms with Crippen molar-refractivity contribution in [2.45, 2.75) is 51.2 Å². The minimum Gasteiger partial charge on any atom is -0.486 e. The van der Waals surface area contributed by atoms with Crippen LogP contribution in [0.15, 0.2) is 28.8 Å². The number of aryl methyl sites for hydroxylation is 1. The molecule has 0 atom stereocenters. The van der Waals surface area contributed by atoms with E-state index in [1.807, 2.05) is 24.3 Å². The van der Waals surface area contributed by atoms with E-state index in [0.717, 1.165) is 23.0 Å². The highest BCUT2D eigenvalue weighted by molar-refractivity contribution is 5.56. The summed E-state index contributed by atoms with van der Waals surface area (Å²) in [4.78, 5) is 4.26. The van der Waals surface area contributed by atoms with Crippen LogP contribution in [0, 0.1) is 6.92 Å². The maximum atomic E-state index is 5.98. The van der Waals surface area contributed by atoms with Crippen LogP contribution in [-0.2, 0) is 6.61 Å². The van der Waals surface area contributed by atoms with Gasteiger partial charge in [0.2, 0.25) is 11.7 Å². The van der Waals surface area contributed by atoms with Crippen LogP contribution < -0.4 is 4.74 Å². The summed E-state index contributed by atoms with van der Waals surface area (Å²) in [6.45, 7) is 2.20. The number of rotatable bonds is 6. The molecule has 128 valence electrons. The lowest BCUT2D eigenvalue weighted by Gasteiger charge is -2.10. The van der Waals surface area contributed by atoms with Gasteiger partial charge >= 0.3 is 0 Å². The first-order chi connectivity index (χ1) is 12.3. The Morgan fingerprint density at radius 2 is 2.08 bits per heavy atom. The third kappa shape index (κ3) is 2.90. The predicted molar refractivity (Wildman–Crippen MR) is 89.1 cm³/mol. The molecule has 7 heteroatoms. The number of ether oxygens (including phenoxy) is 1. The predicted octanol–water partition coefficient (Wildman–Crippen LogP) is 3.43. The van der Waals surface area contributed by atoms with E-state index >= 15 is 0 Å². The molecule has 0 saturated heterocycles. The number of benzene rings is 1. The van der Waals surface area contributed by atoms with Crippen molar-refractivity contribution in [3.05, 3.63) is 41.8 Å². The molecule has 5 rings (SSSR count). The summed E-state index contributed by atoms with van der Waals surface area (Å²) in [6, 6.07) is 8.28. The summed E-state index contributed by atoms with van der Waals surface area (Å²) in [6.07, 6.45) is 4.91. The second-order valence-corrected chi connectivity index (χ2v) is 6.80. The molecule has 2 aliphatic carbocycles. The van der Waals surface area contributed by atoms with E-state index in [1.165, 1.54) is 25.7 Å². The molecule has 2 aromatic heterocycles. The van der Waals surface area contributed by atoms with Crippen LogP contribution >= 0.6 is 0 Å². The summed E-state index contributed by atoms with van der Waals surface area (Å²) in [5.41, 5.74) is 0.872. The number of nitrogens with zero attached hydrogens (tertiary/aromatic N) is 5. The first-order valence-corrected chi connectivity index (χ1v) is 8.75. The van der Waals surface area contributed by atoms with Crippen LogP contribution in [0.5, 0.6) is 5.75 Å². The summed E-state index contributed by atoms with van der Waals surface area (Å²) >= 11 is 0. The minimum absolute atomic E-state index is 0.422. The van der Waals surface area contributed by atoms with Gasteiger partial charge in [0.05, 0.1) is 0 Å². The zero-order valence-corrected chi connectivity index (χ0v) is 14.1. The van der Waals surface area contributed by atoms with Gasteiger partial charge in [-0.2, -0.15) is 4.98 Å². The van der Waals surface area contributed by atoms with Crippen LogP contribution in [0.25, 0.3) is 11.4 Å². The topological polar surface area (TPSA) is 78.9 Å². The Bertz CT molecular complexity index is 908. The van der Waals surface area contributed by atoms with Gasteiger partial charge in [0.25, 0.3) is 0 Å². The smallest absolute Gasteiger partial charge is 0.223 e. The molecule has 2 heterocycles. The van der Waals surface area contributed by atoms with Gasteiger partial charge in [-0.3, -0.25) is 0 Å². The molecule has 1 aromatic carbocycles. The van der Waals surface area contributed by atoms with Crippen molar-refractivity contribution in [2.75, 3.05) is 0 Å². The van der Waals surface area contributed by atoms with E-state index in [0.29, 0.717) is 30.3 Å². The Balaban J connectivity index is 1.35. The van der Waals surface area contributed by atoms with Gasteiger partial charge in [0.1, 0.15) is 18.2 Å². The highest BCUT2D eigenvalue weighted by Gasteiger charge is 2.36. The van der Waals surface area contributed by atoms with Crippen molar-refractivity contribution in [3.8, 4) is 17.1 Å². The van der Waals surface area contributed by atoms with E-state index in [4.69, 9.17) is 9.26 Å². The molecule has 0 N–H and O–H groups in total. The average Bonchev–Trinajstić information content (AvgIpc) is 3.56. The molecular formula is C18H19N5O2.